The molecule has 0 aliphatic rings. The molecule has 1 N–H and O–H groups in total. The van der Waals surface area contributed by atoms with Crippen LogP contribution in [0.2, 0.25) is 0 Å². The van der Waals surface area contributed by atoms with E-state index in [0.717, 1.165) is 4.90 Å². The molecule has 0 heterocycles. The Morgan fingerprint density at radius 1 is 1.17 bits per heavy atom. The van der Waals surface area contributed by atoms with Crippen molar-refractivity contribution in [3.8, 4) is 0 Å². The van der Waals surface area contributed by atoms with Gasteiger partial charge in [-0.25, -0.2) is 0 Å². The number of hydrogen-bond donors (Lipinski definition) is 1. The van der Waals surface area contributed by atoms with Gasteiger partial charge in [0.2, 0.25) is 5.91 Å². The van der Waals surface area contributed by atoms with Gasteiger partial charge < -0.3 is 5.32 Å². The van der Waals surface area contributed by atoms with Crippen molar-refractivity contribution < 1.29 is 9.72 Å². The summed E-state index contributed by atoms with van der Waals surface area (Å²) in [7, 11) is 0. The summed E-state index contributed by atoms with van der Waals surface area (Å²) in [5, 5.41) is 13.4. The Hall–Kier alpha value is -2.34. The van der Waals surface area contributed by atoms with E-state index >= 15 is 0 Å². The van der Waals surface area contributed by atoms with Gasteiger partial charge in [0.05, 0.1) is 4.92 Å². The van der Waals surface area contributed by atoms with E-state index in [4.69, 9.17) is 0 Å². The molecule has 0 aliphatic heterocycles. The van der Waals surface area contributed by atoms with Gasteiger partial charge in [-0.3, -0.25) is 14.9 Å². The summed E-state index contributed by atoms with van der Waals surface area (Å²) in [6.07, 6.45) is 0.348. The monoisotopic (exact) mass is 330 g/mol. The van der Waals surface area contributed by atoms with Gasteiger partial charge in [-0.15, -0.1) is 11.8 Å². The molecule has 6 heteroatoms. The van der Waals surface area contributed by atoms with E-state index in [1.807, 2.05) is 6.07 Å². The second kappa shape index (κ2) is 7.78. The van der Waals surface area contributed by atoms with Gasteiger partial charge in [0.15, 0.2) is 0 Å². The number of benzene rings is 2. The lowest BCUT2D eigenvalue weighted by molar-refractivity contribution is -0.384. The lowest BCUT2D eigenvalue weighted by Gasteiger charge is -2.06. The molecule has 0 radical (unpaired) electrons. The lowest BCUT2D eigenvalue weighted by atomic mass is 10.1. The smallest absolute Gasteiger partial charge is 0.271 e. The Labute approximate surface area is 139 Å². The molecule has 23 heavy (non-hydrogen) atoms. The molecule has 5 nitrogen and oxygen atoms in total. The highest BCUT2D eigenvalue weighted by atomic mass is 32.2. The van der Waals surface area contributed by atoms with Crippen LogP contribution in [0, 0.1) is 24.0 Å². The van der Waals surface area contributed by atoms with Crippen molar-refractivity contribution in [2.75, 3.05) is 11.1 Å². The average molecular weight is 330 g/mol. The molecule has 0 spiro atoms. The minimum absolute atomic E-state index is 0.0349. The number of aryl methyl sites for hydroxylation is 2. The number of hydrogen-bond acceptors (Lipinski definition) is 4. The Morgan fingerprint density at radius 3 is 2.65 bits per heavy atom. The SMILES string of the molecule is Cc1ccc(SCCC(=O)Nc2cccc([N+](=O)[O-])c2)cc1C. The molecule has 0 aliphatic carbocycles. The van der Waals surface area contributed by atoms with Crippen molar-refractivity contribution in [3.05, 3.63) is 63.7 Å². The highest BCUT2D eigenvalue weighted by Crippen LogP contribution is 2.22. The third-order valence-electron chi connectivity index (χ3n) is 3.42. The third kappa shape index (κ3) is 5.10. The summed E-state index contributed by atoms with van der Waals surface area (Å²) in [6.45, 7) is 4.13. The van der Waals surface area contributed by atoms with Crippen LogP contribution in [-0.2, 0) is 4.79 Å². The van der Waals surface area contributed by atoms with Crippen molar-refractivity contribution in [2.45, 2.75) is 25.2 Å². The maximum atomic E-state index is 11.9. The number of non-ortho nitro benzene ring substituents is 1. The van der Waals surface area contributed by atoms with E-state index in [-0.39, 0.29) is 11.6 Å². The minimum Gasteiger partial charge on any atom is -0.326 e. The molecule has 0 saturated carbocycles. The normalized spacial score (nSPS) is 10.3. The maximum Gasteiger partial charge on any atom is 0.271 e. The molecule has 0 atom stereocenters. The predicted octanol–water partition coefficient (Wildman–Crippen LogP) is 4.33. The standard InChI is InChI=1S/C17H18N2O3S/c1-12-6-7-16(10-13(12)2)23-9-8-17(20)18-14-4-3-5-15(11-14)19(21)22/h3-7,10-11H,8-9H2,1-2H3,(H,18,20). The van der Waals surface area contributed by atoms with E-state index in [9.17, 15) is 14.9 Å². The highest BCUT2D eigenvalue weighted by Gasteiger charge is 2.08. The van der Waals surface area contributed by atoms with Gasteiger partial charge >= 0.3 is 0 Å². The summed E-state index contributed by atoms with van der Waals surface area (Å²) in [4.78, 5) is 23.3. The van der Waals surface area contributed by atoms with Gasteiger partial charge in [0.25, 0.3) is 5.69 Å². The first-order valence-electron chi connectivity index (χ1n) is 7.20. The highest BCUT2D eigenvalue weighted by molar-refractivity contribution is 7.99. The molecular weight excluding hydrogens is 312 g/mol. The molecule has 2 aromatic carbocycles. The van der Waals surface area contributed by atoms with E-state index < -0.39 is 4.92 Å². The average Bonchev–Trinajstić information content (AvgIpc) is 2.51. The summed E-state index contributed by atoms with van der Waals surface area (Å²) in [5.41, 5.74) is 2.89. The van der Waals surface area contributed by atoms with E-state index in [1.165, 1.54) is 23.3 Å². The Balaban J connectivity index is 1.84. The zero-order valence-electron chi connectivity index (χ0n) is 13.0. The molecule has 2 rings (SSSR count). The van der Waals surface area contributed by atoms with Gasteiger partial charge in [-0.1, -0.05) is 12.1 Å². The fraction of sp³-hybridized carbons (Fsp3) is 0.235. The molecule has 2 aromatic rings. The summed E-state index contributed by atoms with van der Waals surface area (Å²) in [5.74, 6) is 0.505. The predicted molar refractivity (Wildman–Crippen MR) is 93.0 cm³/mol. The number of nitrogens with one attached hydrogen (secondary N) is 1. The summed E-state index contributed by atoms with van der Waals surface area (Å²) < 4.78 is 0. The van der Waals surface area contributed by atoms with E-state index in [0.29, 0.717) is 17.9 Å². The van der Waals surface area contributed by atoms with Gasteiger partial charge in [-0.2, -0.15) is 0 Å². The topological polar surface area (TPSA) is 72.2 Å². The van der Waals surface area contributed by atoms with Crippen LogP contribution in [0.3, 0.4) is 0 Å². The second-order valence-electron chi connectivity index (χ2n) is 5.20. The molecule has 0 saturated heterocycles. The van der Waals surface area contributed by atoms with Crippen molar-refractivity contribution in [1.82, 2.24) is 0 Å². The first-order valence-corrected chi connectivity index (χ1v) is 8.18. The fourth-order valence-corrected chi connectivity index (χ4v) is 2.93. The molecule has 0 fully saturated rings. The van der Waals surface area contributed by atoms with Gasteiger partial charge in [0, 0.05) is 34.9 Å². The second-order valence-corrected chi connectivity index (χ2v) is 6.37. The van der Waals surface area contributed by atoms with Crippen molar-refractivity contribution >= 4 is 29.0 Å². The number of nitro benzene ring substituents is 1. The van der Waals surface area contributed by atoms with Crippen LogP contribution < -0.4 is 5.32 Å². The van der Waals surface area contributed by atoms with E-state index in [1.54, 1.807) is 23.9 Å². The largest absolute Gasteiger partial charge is 0.326 e. The summed E-state index contributed by atoms with van der Waals surface area (Å²) in [6, 6.07) is 12.2. The number of nitrogens with zero attached hydrogens (tertiary/aromatic N) is 1. The Kier molecular flexibility index (Phi) is 5.76. The number of carbonyl (C=O) groups excluding carboxylic acids is 1. The number of carbonyl (C=O) groups is 1. The first-order chi connectivity index (χ1) is 11.0. The lowest BCUT2D eigenvalue weighted by Crippen LogP contribution is -2.12. The molecule has 0 unspecified atom stereocenters. The zero-order chi connectivity index (χ0) is 16.8. The van der Waals surface area contributed by atoms with Crippen molar-refractivity contribution in [1.29, 1.82) is 0 Å². The number of anilines is 1. The van der Waals surface area contributed by atoms with Crippen LogP contribution in [0.1, 0.15) is 17.5 Å². The fourth-order valence-electron chi connectivity index (χ4n) is 1.99. The van der Waals surface area contributed by atoms with Crippen molar-refractivity contribution in [2.24, 2.45) is 0 Å². The number of rotatable bonds is 6. The number of amides is 1. The first kappa shape index (κ1) is 17.0. The van der Waals surface area contributed by atoms with Gasteiger partial charge in [-0.05, 0) is 43.2 Å². The maximum absolute atomic E-state index is 11.9. The quantitative estimate of drug-likeness (QED) is 0.486. The Morgan fingerprint density at radius 2 is 1.96 bits per heavy atom. The molecule has 0 bridgehead atoms. The molecule has 1 amide bonds. The molecule has 120 valence electrons. The van der Waals surface area contributed by atoms with Crippen molar-refractivity contribution in [3.63, 3.8) is 0 Å². The molecular formula is C17H18N2O3S. The van der Waals surface area contributed by atoms with Crippen LogP contribution in [0.25, 0.3) is 0 Å². The van der Waals surface area contributed by atoms with Crippen LogP contribution in [-0.4, -0.2) is 16.6 Å². The van der Waals surface area contributed by atoms with Crippen LogP contribution in [0.4, 0.5) is 11.4 Å². The third-order valence-corrected chi connectivity index (χ3v) is 4.41. The Bertz CT molecular complexity index is 732. The van der Waals surface area contributed by atoms with Crippen LogP contribution >= 0.6 is 11.8 Å². The number of thioether (sulfide) groups is 1. The van der Waals surface area contributed by atoms with E-state index in [2.05, 4.69) is 31.3 Å². The summed E-state index contributed by atoms with van der Waals surface area (Å²) >= 11 is 1.62. The van der Waals surface area contributed by atoms with Crippen LogP contribution in [0.15, 0.2) is 47.4 Å². The van der Waals surface area contributed by atoms with Crippen LogP contribution in [0.5, 0.6) is 0 Å². The minimum atomic E-state index is -0.481. The number of nitro groups is 1. The van der Waals surface area contributed by atoms with Gasteiger partial charge in [0.1, 0.15) is 0 Å². The molecule has 0 aromatic heterocycles. The zero-order valence-corrected chi connectivity index (χ0v) is 13.9.